The molecule has 3 nitrogen and oxygen atoms in total. The van der Waals surface area contributed by atoms with Crippen molar-refractivity contribution in [2.45, 2.75) is 51.0 Å². The zero-order valence-electron chi connectivity index (χ0n) is 10.8. The smallest absolute Gasteiger partial charge is 0.222 e. The van der Waals surface area contributed by atoms with E-state index in [4.69, 9.17) is 0 Å². The molecule has 1 aliphatic heterocycles. The zero-order valence-corrected chi connectivity index (χ0v) is 11.6. The van der Waals surface area contributed by atoms with E-state index in [9.17, 15) is 4.79 Å². The Morgan fingerprint density at radius 3 is 2.53 bits per heavy atom. The first-order valence-corrected chi connectivity index (χ1v) is 6.74. The predicted molar refractivity (Wildman–Crippen MR) is 72.5 cm³/mol. The third kappa shape index (κ3) is 4.14. The molecule has 1 N–H and O–H groups in total. The van der Waals surface area contributed by atoms with Crippen molar-refractivity contribution < 1.29 is 4.79 Å². The van der Waals surface area contributed by atoms with Crippen LogP contribution in [-0.4, -0.2) is 37.0 Å². The minimum Gasteiger partial charge on any atom is -0.341 e. The molecule has 1 saturated heterocycles. The van der Waals surface area contributed by atoms with Gasteiger partial charge in [-0.25, -0.2) is 0 Å². The van der Waals surface area contributed by atoms with E-state index in [1.807, 2.05) is 11.9 Å². The Labute approximate surface area is 111 Å². The minimum absolute atomic E-state index is 0. The maximum Gasteiger partial charge on any atom is 0.222 e. The summed E-state index contributed by atoms with van der Waals surface area (Å²) in [5.74, 6) is 1.03. The number of amides is 1. The third-order valence-corrected chi connectivity index (χ3v) is 4.15. The Hall–Kier alpha value is -0.280. The number of rotatable bonds is 3. The number of halogens is 1. The molecule has 1 saturated carbocycles. The Morgan fingerprint density at radius 2 is 1.94 bits per heavy atom. The van der Waals surface area contributed by atoms with Crippen LogP contribution in [0.3, 0.4) is 0 Å². The standard InChI is InChI=1S/C13H24N2O.ClH/c1-15(12-7-4-8-14-10-12)13(16)9-11-5-2-3-6-11;/h11-12,14H,2-10H2,1H3;1H/t12-;/m0./s1. The number of hydrogen-bond acceptors (Lipinski definition) is 2. The van der Waals surface area contributed by atoms with Crippen molar-refractivity contribution in [1.82, 2.24) is 10.2 Å². The molecule has 0 radical (unpaired) electrons. The Bertz CT molecular complexity index is 236. The summed E-state index contributed by atoms with van der Waals surface area (Å²) in [4.78, 5) is 14.1. The highest BCUT2D eigenvalue weighted by atomic mass is 35.5. The summed E-state index contributed by atoms with van der Waals surface area (Å²) >= 11 is 0. The van der Waals surface area contributed by atoms with Gasteiger partial charge < -0.3 is 10.2 Å². The highest BCUT2D eigenvalue weighted by Gasteiger charge is 2.25. The van der Waals surface area contributed by atoms with Crippen molar-refractivity contribution in [3.05, 3.63) is 0 Å². The van der Waals surface area contributed by atoms with Gasteiger partial charge in [0.15, 0.2) is 0 Å². The van der Waals surface area contributed by atoms with Crippen molar-refractivity contribution >= 4 is 18.3 Å². The molecule has 2 aliphatic rings. The summed E-state index contributed by atoms with van der Waals surface area (Å²) in [6.07, 6.45) is 8.34. The molecule has 1 amide bonds. The highest BCUT2D eigenvalue weighted by molar-refractivity contribution is 5.85. The van der Waals surface area contributed by atoms with Gasteiger partial charge in [-0.05, 0) is 38.1 Å². The van der Waals surface area contributed by atoms with E-state index in [-0.39, 0.29) is 12.4 Å². The van der Waals surface area contributed by atoms with E-state index in [0.717, 1.165) is 19.5 Å². The van der Waals surface area contributed by atoms with E-state index < -0.39 is 0 Å². The van der Waals surface area contributed by atoms with Gasteiger partial charge in [-0.3, -0.25) is 4.79 Å². The lowest BCUT2D eigenvalue weighted by Gasteiger charge is -2.32. The molecule has 1 atom stereocenters. The van der Waals surface area contributed by atoms with Crippen molar-refractivity contribution in [3.63, 3.8) is 0 Å². The number of likely N-dealkylation sites (N-methyl/N-ethyl adjacent to an activating group) is 1. The van der Waals surface area contributed by atoms with E-state index in [1.165, 1.54) is 38.5 Å². The number of piperidine rings is 1. The van der Waals surface area contributed by atoms with Crippen LogP contribution in [0, 0.1) is 5.92 Å². The molecule has 0 bridgehead atoms. The van der Waals surface area contributed by atoms with E-state index in [2.05, 4.69) is 5.32 Å². The second-order valence-electron chi connectivity index (χ2n) is 5.36. The van der Waals surface area contributed by atoms with Crippen LogP contribution >= 0.6 is 12.4 Å². The van der Waals surface area contributed by atoms with Gasteiger partial charge in [0.05, 0.1) is 0 Å². The topological polar surface area (TPSA) is 32.3 Å². The van der Waals surface area contributed by atoms with E-state index in [1.54, 1.807) is 0 Å². The summed E-state index contributed by atoms with van der Waals surface area (Å²) in [7, 11) is 1.98. The SMILES string of the molecule is CN(C(=O)CC1CCCC1)[C@H]1CCCNC1.Cl. The fraction of sp³-hybridized carbons (Fsp3) is 0.923. The van der Waals surface area contributed by atoms with Crippen molar-refractivity contribution in [2.75, 3.05) is 20.1 Å². The van der Waals surface area contributed by atoms with Crippen molar-refractivity contribution in [1.29, 1.82) is 0 Å². The normalized spacial score (nSPS) is 25.4. The summed E-state index contributed by atoms with van der Waals surface area (Å²) in [5, 5.41) is 3.37. The van der Waals surface area contributed by atoms with E-state index in [0.29, 0.717) is 17.9 Å². The lowest BCUT2D eigenvalue weighted by atomic mass is 10.0. The highest BCUT2D eigenvalue weighted by Crippen LogP contribution is 2.28. The molecule has 0 aromatic carbocycles. The molecule has 0 unspecified atom stereocenters. The van der Waals surface area contributed by atoms with Crippen LogP contribution in [0.25, 0.3) is 0 Å². The first-order chi connectivity index (χ1) is 7.77. The predicted octanol–water partition coefficient (Wildman–Crippen LogP) is 2.20. The van der Waals surface area contributed by atoms with Crippen LogP contribution in [0.4, 0.5) is 0 Å². The second-order valence-corrected chi connectivity index (χ2v) is 5.36. The van der Waals surface area contributed by atoms with Gasteiger partial charge in [0.2, 0.25) is 5.91 Å². The minimum atomic E-state index is 0. The van der Waals surface area contributed by atoms with Gasteiger partial charge in [-0.2, -0.15) is 0 Å². The number of carbonyl (C=O) groups is 1. The number of carbonyl (C=O) groups excluding carboxylic acids is 1. The molecule has 0 aromatic heterocycles. The van der Waals surface area contributed by atoms with Gasteiger partial charge in [0.25, 0.3) is 0 Å². The maximum atomic E-state index is 12.1. The molecular weight excluding hydrogens is 236 g/mol. The average molecular weight is 261 g/mol. The first-order valence-electron chi connectivity index (χ1n) is 6.74. The molecule has 100 valence electrons. The third-order valence-electron chi connectivity index (χ3n) is 4.15. The van der Waals surface area contributed by atoms with Gasteiger partial charge in [0.1, 0.15) is 0 Å². The molecular formula is C13H25ClN2O. The Balaban J connectivity index is 0.00000144. The molecule has 2 rings (SSSR count). The fourth-order valence-corrected chi connectivity index (χ4v) is 2.97. The molecule has 0 aromatic rings. The quantitative estimate of drug-likeness (QED) is 0.844. The lowest BCUT2D eigenvalue weighted by molar-refractivity contribution is -0.133. The van der Waals surface area contributed by atoms with Crippen LogP contribution in [0.1, 0.15) is 44.9 Å². The number of hydrogen-bond donors (Lipinski definition) is 1. The number of nitrogens with one attached hydrogen (secondary N) is 1. The lowest BCUT2D eigenvalue weighted by Crippen LogP contribution is -2.46. The summed E-state index contributed by atoms with van der Waals surface area (Å²) in [6, 6.07) is 0.433. The van der Waals surface area contributed by atoms with Crippen molar-refractivity contribution in [3.8, 4) is 0 Å². The van der Waals surface area contributed by atoms with Crippen LogP contribution in [0.5, 0.6) is 0 Å². The van der Waals surface area contributed by atoms with Gasteiger partial charge in [-0.1, -0.05) is 12.8 Å². The fourth-order valence-electron chi connectivity index (χ4n) is 2.97. The van der Waals surface area contributed by atoms with Crippen molar-refractivity contribution in [2.24, 2.45) is 5.92 Å². The van der Waals surface area contributed by atoms with Crippen LogP contribution in [0.2, 0.25) is 0 Å². The first kappa shape index (κ1) is 14.8. The Kier molecular flexibility index (Phi) is 6.28. The molecule has 1 heterocycles. The van der Waals surface area contributed by atoms with Gasteiger partial charge in [0, 0.05) is 26.1 Å². The summed E-state index contributed by atoms with van der Waals surface area (Å²) < 4.78 is 0. The molecule has 2 fully saturated rings. The zero-order chi connectivity index (χ0) is 11.4. The molecule has 1 aliphatic carbocycles. The second kappa shape index (κ2) is 7.22. The summed E-state index contributed by atoms with van der Waals surface area (Å²) in [6.45, 7) is 2.09. The van der Waals surface area contributed by atoms with Gasteiger partial charge in [-0.15, -0.1) is 12.4 Å². The molecule has 0 spiro atoms. The van der Waals surface area contributed by atoms with Crippen LogP contribution in [0.15, 0.2) is 0 Å². The monoisotopic (exact) mass is 260 g/mol. The largest absolute Gasteiger partial charge is 0.341 e. The Morgan fingerprint density at radius 1 is 1.24 bits per heavy atom. The average Bonchev–Trinajstić information content (AvgIpc) is 2.82. The van der Waals surface area contributed by atoms with Crippen LogP contribution in [-0.2, 0) is 4.79 Å². The summed E-state index contributed by atoms with van der Waals surface area (Å²) in [5.41, 5.74) is 0. The molecule has 17 heavy (non-hydrogen) atoms. The maximum absolute atomic E-state index is 12.1. The van der Waals surface area contributed by atoms with E-state index >= 15 is 0 Å². The van der Waals surface area contributed by atoms with Gasteiger partial charge >= 0.3 is 0 Å². The molecule has 4 heteroatoms. The number of nitrogens with zero attached hydrogens (tertiary/aromatic N) is 1. The van der Waals surface area contributed by atoms with Crippen LogP contribution < -0.4 is 5.32 Å².